The van der Waals surface area contributed by atoms with E-state index in [2.05, 4.69) is 10.3 Å². The third kappa shape index (κ3) is 4.36. The van der Waals surface area contributed by atoms with Crippen LogP contribution in [0.4, 0.5) is 5.69 Å². The highest BCUT2D eigenvalue weighted by Crippen LogP contribution is 2.27. The van der Waals surface area contributed by atoms with E-state index in [4.69, 9.17) is 0 Å². The molecule has 7 nitrogen and oxygen atoms in total. The zero-order valence-electron chi connectivity index (χ0n) is 14.5. The average molecular weight is 383 g/mol. The standard InChI is InChI=1S/C19H17N3O4S/c1-12-17(27-19(21-12)14-5-3-2-4-6-14)18(24)20-11-16(23)13-7-9-15(10-8-13)22(25)26/h2-10,16,23H,11H2,1H3,(H,20,24)/t16-/m1/s1. The van der Waals surface area contributed by atoms with Gasteiger partial charge in [-0.05, 0) is 24.6 Å². The van der Waals surface area contributed by atoms with Crippen molar-refractivity contribution in [3.05, 3.63) is 80.8 Å². The van der Waals surface area contributed by atoms with Crippen molar-refractivity contribution in [3.8, 4) is 10.6 Å². The molecule has 3 rings (SSSR count). The zero-order valence-corrected chi connectivity index (χ0v) is 15.3. The number of benzene rings is 2. The summed E-state index contributed by atoms with van der Waals surface area (Å²) in [5.74, 6) is -0.312. The van der Waals surface area contributed by atoms with Gasteiger partial charge in [0.05, 0.1) is 16.7 Å². The second kappa shape index (κ2) is 8.07. The number of aliphatic hydroxyl groups excluding tert-OH is 1. The Balaban J connectivity index is 1.65. The molecule has 1 atom stereocenters. The van der Waals surface area contributed by atoms with Gasteiger partial charge in [0.2, 0.25) is 0 Å². The molecular weight excluding hydrogens is 366 g/mol. The number of carbonyl (C=O) groups excluding carboxylic acids is 1. The molecule has 2 N–H and O–H groups in total. The van der Waals surface area contributed by atoms with Crippen molar-refractivity contribution in [3.63, 3.8) is 0 Å². The largest absolute Gasteiger partial charge is 0.387 e. The number of thiazole rings is 1. The lowest BCUT2D eigenvalue weighted by atomic mass is 10.1. The molecule has 138 valence electrons. The van der Waals surface area contributed by atoms with Crippen LogP contribution in [0.25, 0.3) is 10.6 Å². The molecule has 0 spiro atoms. The van der Waals surface area contributed by atoms with Crippen LogP contribution in [0.3, 0.4) is 0 Å². The molecule has 0 saturated heterocycles. The smallest absolute Gasteiger partial charge is 0.269 e. The maximum Gasteiger partial charge on any atom is 0.269 e. The Labute approximate surface area is 159 Å². The Morgan fingerprint density at radius 3 is 2.52 bits per heavy atom. The van der Waals surface area contributed by atoms with Crippen molar-refractivity contribution in [2.45, 2.75) is 13.0 Å². The van der Waals surface area contributed by atoms with Gasteiger partial charge >= 0.3 is 0 Å². The molecule has 0 unspecified atom stereocenters. The van der Waals surface area contributed by atoms with Gasteiger partial charge < -0.3 is 10.4 Å². The molecule has 1 amide bonds. The number of nitro groups is 1. The number of nitrogens with zero attached hydrogens (tertiary/aromatic N) is 2. The molecule has 1 aromatic heterocycles. The van der Waals surface area contributed by atoms with Gasteiger partial charge in [-0.2, -0.15) is 0 Å². The summed E-state index contributed by atoms with van der Waals surface area (Å²) in [6.45, 7) is 1.76. The van der Waals surface area contributed by atoms with Gasteiger partial charge in [-0.25, -0.2) is 4.98 Å². The first-order valence-electron chi connectivity index (χ1n) is 8.19. The minimum atomic E-state index is -0.962. The summed E-state index contributed by atoms with van der Waals surface area (Å²) >= 11 is 1.29. The van der Waals surface area contributed by atoms with Gasteiger partial charge in [0.1, 0.15) is 9.88 Å². The topological polar surface area (TPSA) is 105 Å². The van der Waals surface area contributed by atoms with Crippen molar-refractivity contribution >= 4 is 22.9 Å². The lowest BCUT2D eigenvalue weighted by Gasteiger charge is -2.11. The summed E-state index contributed by atoms with van der Waals surface area (Å²) in [6, 6.07) is 15.2. The van der Waals surface area contributed by atoms with Crippen molar-refractivity contribution in [2.24, 2.45) is 0 Å². The average Bonchev–Trinajstić information content (AvgIpc) is 3.08. The predicted molar refractivity (Wildman–Crippen MR) is 103 cm³/mol. The molecule has 0 bridgehead atoms. The van der Waals surface area contributed by atoms with Crippen molar-refractivity contribution in [2.75, 3.05) is 6.54 Å². The number of aromatic nitrogens is 1. The highest BCUT2D eigenvalue weighted by molar-refractivity contribution is 7.17. The van der Waals surface area contributed by atoms with Crippen LogP contribution in [0.1, 0.15) is 27.0 Å². The Morgan fingerprint density at radius 2 is 1.89 bits per heavy atom. The molecule has 0 aliphatic carbocycles. The van der Waals surface area contributed by atoms with Crippen LogP contribution in [0.2, 0.25) is 0 Å². The molecule has 0 fully saturated rings. The summed E-state index contributed by atoms with van der Waals surface area (Å²) in [6.07, 6.45) is -0.962. The number of rotatable bonds is 6. The molecule has 2 aromatic carbocycles. The third-order valence-electron chi connectivity index (χ3n) is 3.97. The van der Waals surface area contributed by atoms with Crippen LogP contribution in [-0.4, -0.2) is 27.5 Å². The van der Waals surface area contributed by atoms with E-state index >= 15 is 0 Å². The fourth-order valence-electron chi connectivity index (χ4n) is 2.52. The van der Waals surface area contributed by atoms with Crippen LogP contribution in [-0.2, 0) is 0 Å². The van der Waals surface area contributed by atoms with Crippen molar-refractivity contribution < 1.29 is 14.8 Å². The Morgan fingerprint density at radius 1 is 1.22 bits per heavy atom. The fraction of sp³-hybridized carbons (Fsp3) is 0.158. The van der Waals surface area contributed by atoms with Crippen LogP contribution in [0.15, 0.2) is 54.6 Å². The number of carbonyl (C=O) groups is 1. The number of hydrogen-bond donors (Lipinski definition) is 2. The van der Waals surface area contributed by atoms with Gasteiger partial charge in [0, 0.05) is 24.2 Å². The number of aliphatic hydroxyl groups is 1. The molecule has 8 heteroatoms. The third-order valence-corrected chi connectivity index (χ3v) is 5.17. The lowest BCUT2D eigenvalue weighted by Crippen LogP contribution is -2.28. The van der Waals surface area contributed by atoms with Crippen molar-refractivity contribution in [1.29, 1.82) is 0 Å². The highest BCUT2D eigenvalue weighted by atomic mass is 32.1. The van der Waals surface area contributed by atoms with E-state index in [0.717, 1.165) is 10.6 Å². The van der Waals surface area contributed by atoms with Gasteiger partial charge in [0.15, 0.2) is 0 Å². The van der Waals surface area contributed by atoms with Crippen LogP contribution in [0.5, 0.6) is 0 Å². The van der Waals surface area contributed by atoms with E-state index in [-0.39, 0.29) is 18.1 Å². The molecule has 0 radical (unpaired) electrons. The normalized spacial score (nSPS) is 11.8. The molecule has 0 saturated carbocycles. The minimum Gasteiger partial charge on any atom is -0.387 e. The van der Waals surface area contributed by atoms with Crippen molar-refractivity contribution in [1.82, 2.24) is 10.3 Å². The van der Waals surface area contributed by atoms with Gasteiger partial charge in [-0.3, -0.25) is 14.9 Å². The summed E-state index contributed by atoms with van der Waals surface area (Å²) in [5, 5.41) is 24.3. The predicted octanol–water partition coefficient (Wildman–Crippen LogP) is 3.49. The van der Waals surface area contributed by atoms with Gasteiger partial charge in [-0.15, -0.1) is 11.3 Å². The van der Waals surface area contributed by atoms with E-state index in [9.17, 15) is 20.0 Å². The lowest BCUT2D eigenvalue weighted by molar-refractivity contribution is -0.384. The molecule has 27 heavy (non-hydrogen) atoms. The first-order valence-corrected chi connectivity index (χ1v) is 9.01. The Bertz CT molecular complexity index is 955. The second-order valence-corrected chi connectivity index (χ2v) is 6.87. The van der Waals surface area contributed by atoms with Crippen LogP contribution >= 0.6 is 11.3 Å². The molecular formula is C19H17N3O4S. The molecule has 0 aliphatic rings. The van der Waals surface area contributed by atoms with E-state index in [0.29, 0.717) is 16.1 Å². The first-order chi connectivity index (χ1) is 13.0. The number of hydrogen-bond acceptors (Lipinski definition) is 6. The maximum atomic E-state index is 12.4. The van der Waals surface area contributed by atoms with E-state index in [1.807, 2.05) is 30.3 Å². The van der Waals surface area contributed by atoms with Gasteiger partial charge in [-0.1, -0.05) is 30.3 Å². The van der Waals surface area contributed by atoms with Gasteiger partial charge in [0.25, 0.3) is 11.6 Å². The maximum absolute atomic E-state index is 12.4. The fourth-order valence-corrected chi connectivity index (χ4v) is 3.51. The zero-order chi connectivity index (χ0) is 19.4. The first kappa shape index (κ1) is 18.7. The SMILES string of the molecule is Cc1nc(-c2ccccc2)sc1C(=O)NC[C@@H](O)c1ccc([N+](=O)[O-])cc1. The minimum absolute atomic E-state index is 0.00530. The monoisotopic (exact) mass is 383 g/mol. The Kier molecular flexibility index (Phi) is 5.58. The number of amides is 1. The quantitative estimate of drug-likeness (QED) is 0.501. The number of aryl methyl sites for hydroxylation is 1. The summed E-state index contributed by atoms with van der Waals surface area (Å²) < 4.78 is 0. The molecule has 1 heterocycles. The number of nitrogens with one attached hydrogen (secondary N) is 1. The second-order valence-electron chi connectivity index (χ2n) is 5.87. The Hall–Kier alpha value is -3.10. The number of non-ortho nitro benzene ring substituents is 1. The summed E-state index contributed by atoms with van der Waals surface area (Å²) in [7, 11) is 0. The summed E-state index contributed by atoms with van der Waals surface area (Å²) in [5.41, 5.74) is 2.01. The van der Waals surface area contributed by atoms with E-state index in [1.54, 1.807) is 6.92 Å². The molecule has 3 aromatic rings. The molecule has 0 aliphatic heterocycles. The van der Waals surface area contributed by atoms with E-state index < -0.39 is 11.0 Å². The van der Waals surface area contributed by atoms with Crippen LogP contribution < -0.4 is 5.32 Å². The summed E-state index contributed by atoms with van der Waals surface area (Å²) in [4.78, 5) is 27.6. The van der Waals surface area contributed by atoms with Crippen LogP contribution in [0, 0.1) is 17.0 Å². The highest BCUT2D eigenvalue weighted by Gasteiger charge is 2.18. The number of nitro benzene ring substituents is 1. The van der Waals surface area contributed by atoms with E-state index in [1.165, 1.54) is 35.6 Å².